The van der Waals surface area contributed by atoms with Crippen molar-refractivity contribution < 1.29 is 9.32 Å². The first-order chi connectivity index (χ1) is 16.0. The van der Waals surface area contributed by atoms with Crippen LogP contribution in [-0.4, -0.2) is 73.8 Å². The number of rotatable bonds is 5. The third kappa shape index (κ3) is 4.07. The van der Waals surface area contributed by atoms with Crippen molar-refractivity contribution in [2.45, 2.75) is 36.1 Å². The fourth-order valence-electron chi connectivity index (χ4n) is 4.35. The lowest BCUT2D eigenvalue weighted by Gasteiger charge is -2.42. The number of terminal acetylenes is 1. The summed E-state index contributed by atoms with van der Waals surface area (Å²) in [5, 5.41) is 13.4. The molecule has 1 fully saturated rings. The number of hydrogen-bond acceptors (Lipinski definition) is 9. The molecule has 0 saturated heterocycles. The van der Waals surface area contributed by atoms with E-state index in [1.165, 1.54) is 0 Å². The molecular weight excluding hydrogens is 438 g/mol. The van der Waals surface area contributed by atoms with Gasteiger partial charge >= 0.3 is 0 Å². The van der Waals surface area contributed by atoms with E-state index in [4.69, 9.17) is 16.4 Å². The van der Waals surface area contributed by atoms with Crippen molar-refractivity contribution in [3.63, 3.8) is 0 Å². The van der Waals surface area contributed by atoms with E-state index in [0.29, 0.717) is 59.3 Å². The second kappa shape index (κ2) is 8.72. The van der Waals surface area contributed by atoms with Gasteiger partial charge in [0.15, 0.2) is 17.5 Å². The molecule has 33 heavy (non-hydrogen) atoms. The Morgan fingerprint density at radius 1 is 1.27 bits per heavy atom. The van der Waals surface area contributed by atoms with Crippen molar-refractivity contribution >= 4 is 34.0 Å². The third-order valence-corrected chi connectivity index (χ3v) is 8.02. The first-order valence-electron chi connectivity index (χ1n) is 11.2. The van der Waals surface area contributed by atoms with Gasteiger partial charge in [-0.2, -0.15) is 9.97 Å². The lowest BCUT2D eigenvalue weighted by molar-refractivity contribution is 0.143. The number of anilines is 3. The molecule has 1 saturated carbocycles. The Morgan fingerprint density at radius 3 is 2.67 bits per heavy atom. The Morgan fingerprint density at radius 2 is 2.06 bits per heavy atom. The zero-order valence-electron chi connectivity index (χ0n) is 18.6. The molecule has 0 radical (unpaired) electrons. The van der Waals surface area contributed by atoms with Crippen LogP contribution in [0.2, 0.25) is 0 Å². The molecule has 2 aromatic rings. The van der Waals surface area contributed by atoms with Crippen LogP contribution in [0.1, 0.15) is 37.1 Å². The van der Waals surface area contributed by atoms with Gasteiger partial charge in [-0.1, -0.05) is 12.0 Å². The van der Waals surface area contributed by atoms with Crippen LogP contribution < -0.4 is 15.1 Å². The summed E-state index contributed by atoms with van der Waals surface area (Å²) >= 11 is 0. The lowest BCUT2D eigenvalue weighted by atomic mass is 9.77. The first-order valence-corrected chi connectivity index (χ1v) is 12.5. The number of hydrogen-bond donors (Lipinski definition) is 2. The fourth-order valence-corrected chi connectivity index (χ4v) is 5.71. The highest BCUT2D eigenvalue weighted by Crippen LogP contribution is 2.39. The molecule has 0 aromatic carbocycles. The van der Waals surface area contributed by atoms with Gasteiger partial charge in [-0.05, 0) is 31.3 Å². The van der Waals surface area contributed by atoms with Gasteiger partial charge in [0.05, 0.1) is 28.5 Å². The minimum Gasteiger partial charge on any atom is -0.394 e. The largest absolute Gasteiger partial charge is 0.394 e. The fraction of sp³-hybridized carbons (Fsp3) is 0.478. The maximum Gasteiger partial charge on any atom is 0.229 e. The van der Waals surface area contributed by atoms with Crippen LogP contribution in [0.3, 0.4) is 0 Å². The zero-order chi connectivity index (χ0) is 23.0. The summed E-state index contributed by atoms with van der Waals surface area (Å²) in [5.74, 6) is 5.63. The molecule has 0 bridgehead atoms. The standard InChI is InChI=1S/C23H27N7O2S/c1-3-16-13-24-19(25-14-16)17-5-9-30(10-6-17)22-26-20(28-23(15-31)7-4-8-23)18-21(27-22)29(2)11-12-33(18)32/h1,5,13-14,31H,4,6-12,15H2,2H3,(H,26,27,28)/t33-/m1/s1. The Hall–Kier alpha value is -3.03. The maximum atomic E-state index is 12.9. The van der Waals surface area contributed by atoms with Crippen LogP contribution in [-0.2, 0) is 10.8 Å². The monoisotopic (exact) mass is 465 g/mol. The summed E-state index contributed by atoms with van der Waals surface area (Å²) in [4.78, 5) is 23.2. The summed E-state index contributed by atoms with van der Waals surface area (Å²) in [6, 6.07) is 0. The van der Waals surface area contributed by atoms with Gasteiger partial charge in [-0.25, -0.2) is 9.97 Å². The number of fused-ring (bicyclic) bond motifs is 1. The molecule has 1 aliphatic carbocycles. The molecule has 9 nitrogen and oxygen atoms in total. The number of nitrogens with one attached hydrogen (secondary N) is 1. The van der Waals surface area contributed by atoms with Crippen LogP contribution in [0.4, 0.5) is 17.6 Å². The molecule has 10 heteroatoms. The highest BCUT2D eigenvalue weighted by Gasteiger charge is 2.39. The predicted octanol–water partition coefficient (Wildman–Crippen LogP) is 1.43. The zero-order valence-corrected chi connectivity index (χ0v) is 19.4. The van der Waals surface area contributed by atoms with Crippen molar-refractivity contribution in [2.24, 2.45) is 0 Å². The highest BCUT2D eigenvalue weighted by atomic mass is 32.2. The molecule has 2 aliphatic heterocycles. The number of aliphatic hydroxyl groups is 1. The van der Waals surface area contributed by atoms with E-state index >= 15 is 0 Å². The van der Waals surface area contributed by atoms with Crippen molar-refractivity contribution in [2.75, 3.05) is 54.2 Å². The lowest BCUT2D eigenvalue weighted by Crippen LogP contribution is -2.49. The van der Waals surface area contributed by atoms with E-state index in [1.807, 2.05) is 11.9 Å². The first kappa shape index (κ1) is 21.8. The summed E-state index contributed by atoms with van der Waals surface area (Å²) in [6.45, 7) is 2.03. The molecule has 4 heterocycles. The molecule has 2 aromatic heterocycles. The van der Waals surface area contributed by atoms with Gasteiger partial charge in [0.2, 0.25) is 5.95 Å². The average molecular weight is 466 g/mol. The Labute approximate surface area is 195 Å². The smallest absolute Gasteiger partial charge is 0.229 e. The maximum absolute atomic E-state index is 12.9. The van der Waals surface area contributed by atoms with Crippen LogP contribution in [0, 0.1) is 12.3 Å². The van der Waals surface area contributed by atoms with Crippen molar-refractivity contribution in [3.05, 3.63) is 29.9 Å². The third-order valence-electron chi connectivity index (χ3n) is 6.63. The molecule has 0 unspecified atom stereocenters. The van der Waals surface area contributed by atoms with Gasteiger partial charge in [-0.3, -0.25) is 4.21 Å². The van der Waals surface area contributed by atoms with Crippen molar-refractivity contribution in [1.29, 1.82) is 0 Å². The molecule has 1 atom stereocenters. The number of nitrogens with zero attached hydrogens (tertiary/aromatic N) is 6. The van der Waals surface area contributed by atoms with E-state index in [1.54, 1.807) is 12.4 Å². The summed E-state index contributed by atoms with van der Waals surface area (Å²) < 4.78 is 12.9. The molecule has 172 valence electrons. The van der Waals surface area contributed by atoms with E-state index in [9.17, 15) is 9.32 Å². The van der Waals surface area contributed by atoms with E-state index in [-0.39, 0.29) is 6.61 Å². The highest BCUT2D eigenvalue weighted by molar-refractivity contribution is 7.85. The van der Waals surface area contributed by atoms with Crippen molar-refractivity contribution in [1.82, 2.24) is 19.9 Å². The number of aromatic nitrogens is 4. The Bertz CT molecular complexity index is 1150. The second-order valence-electron chi connectivity index (χ2n) is 8.78. The van der Waals surface area contributed by atoms with Gasteiger partial charge in [0.1, 0.15) is 4.90 Å². The molecule has 2 N–H and O–H groups in total. The Balaban J connectivity index is 1.45. The minimum absolute atomic E-state index is 0.0257. The summed E-state index contributed by atoms with van der Waals surface area (Å²) in [6.07, 6.45) is 14.3. The molecule has 0 spiro atoms. The quantitative estimate of drug-likeness (QED) is 0.634. The SMILES string of the molecule is C#Cc1cnc(C2=CCN(c3nc(NC4(CO)CCC4)c4c(n3)N(C)CC[S@]4=O)CC2)nc1. The van der Waals surface area contributed by atoms with Crippen LogP contribution in [0.15, 0.2) is 23.4 Å². The molecule has 0 amide bonds. The predicted molar refractivity (Wildman–Crippen MR) is 129 cm³/mol. The van der Waals surface area contributed by atoms with Gasteiger partial charge in [0.25, 0.3) is 0 Å². The van der Waals surface area contributed by atoms with Gasteiger partial charge in [-0.15, -0.1) is 6.42 Å². The van der Waals surface area contributed by atoms with Gasteiger partial charge in [0, 0.05) is 44.8 Å². The van der Waals surface area contributed by atoms with Crippen LogP contribution >= 0.6 is 0 Å². The average Bonchev–Trinajstić information content (AvgIpc) is 2.83. The summed E-state index contributed by atoms with van der Waals surface area (Å²) in [5.41, 5.74) is 1.34. The summed E-state index contributed by atoms with van der Waals surface area (Å²) in [7, 11) is 0.784. The topological polar surface area (TPSA) is 107 Å². The second-order valence-corrected chi connectivity index (χ2v) is 10.3. The normalized spacial score (nSPS) is 21.5. The van der Waals surface area contributed by atoms with E-state index < -0.39 is 16.3 Å². The number of aliphatic hydroxyl groups excluding tert-OH is 1. The minimum atomic E-state index is -1.18. The van der Waals surface area contributed by atoms with Gasteiger partial charge < -0.3 is 20.2 Å². The molecular formula is C23H27N7O2S. The molecule has 5 rings (SSSR count). The molecule has 3 aliphatic rings. The van der Waals surface area contributed by atoms with E-state index in [2.05, 4.69) is 32.2 Å². The Kier molecular flexibility index (Phi) is 5.76. The van der Waals surface area contributed by atoms with Crippen LogP contribution in [0.25, 0.3) is 5.57 Å². The van der Waals surface area contributed by atoms with Crippen molar-refractivity contribution in [3.8, 4) is 12.3 Å². The van der Waals surface area contributed by atoms with Crippen LogP contribution in [0.5, 0.6) is 0 Å². The van der Waals surface area contributed by atoms with E-state index in [0.717, 1.165) is 31.3 Å².